The molecule has 0 aliphatic heterocycles. The quantitative estimate of drug-likeness (QED) is 0.645. The fourth-order valence-corrected chi connectivity index (χ4v) is 2.69. The van der Waals surface area contributed by atoms with Gasteiger partial charge in [-0.05, 0) is 35.9 Å². The lowest BCUT2D eigenvalue weighted by atomic mass is 10.1. The molecule has 1 aromatic heterocycles. The van der Waals surface area contributed by atoms with Gasteiger partial charge >= 0.3 is 0 Å². The minimum absolute atomic E-state index is 0.160. The second-order valence-corrected chi connectivity index (χ2v) is 5.83. The highest BCUT2D eigenvalue weighted by Crippen LogP contribution is 2.18. The van der Waals surface area contributed by atoms with Gasteiger partial charge in [-0.15, -0.1) is 0 Å². The highest BCUT2D eigenvalue weighted by Gasteiger charge is 2.14. The van der Waals surface area contributed by atoms with E-state index >= 15 is 0 Å². The predicted octanol–water partition coefficient (Wildman–Crippen LogP) is 4.70. The molecule has 0 saturated heterocycles. The van der Waals surface area contributed by atoms with E-state index in [1.54, 1.807) is 36.7 Å². The van der Waals surface area contributed by atoms with Crippen molar-refractivity contribution < 1.29 is 13.2 Å². The molecular weight excluding hydrogens is 325 g/mol. The molecule has 0 radical (unpaired) electrons. The first-order chi connectivity index (χ1) is 12.1. The van der Waals surface area contributed by atoms with Crippen LogP contribution in [0.25, 0.3) is 0 Å². The summed E-state index contributed by atoms with van der Waals surface area (Å²) in [6.07, 6.45) is 3.37. The topological polar surface area (TPSA) is 16.1 Å². The maximum absolute atomic E-state index is 14.0. The van der Waals surface area contributed by atoms with Crippen molar-refractivity contribution in [3.63, 3.8) is 0 Å². The van der Waals surface area contributed by atoms with Crippen LogP contribution in [-0.2, 0) is 19.6 Å². The van der Waals surface area contributed by atoms with Crippen LogP contribution in [0.3, 0.4) is 0 Å². The van der Waals surface area contributed by atoms with Gasteiger partial charge < -0.3 is 0 Å². The molecule has 3 rings (SSSR count). The van der Waals surface area contributed by atoms with Gasteiger partial charge in [0.25, 0.3) is 0 Å². The lowest BCUT2D eigenvalue weighted by Crippen LogP contribution is -2.23. The first kappa shape index (κ1) is 17.2. The highest BCUT2D eigenvalue weighted by molar-refractivity contribution is 5.21. The molecule has 0 saturated carbocycles. The molecule has 0 spiro atoms. The third-order valence-electron chi connectivity index (χ3n) is 3.88. The Balaban J connectivity index is 1.85. The van der Waals surface area contributed by atoms with Crippen LogP contribution >= 0.6 is 0 Å². The average Bonchev–Trinajstić information content (AvgIpc) is 2.61. The number of hydrogen-bond acceptors (Lipinski definition) is 2. The van der Waals surface area contributed by atoms with Gasteiger partial charge in [0.05, 0.1) is 0 Å². The standard InChI is InChI=1S/C20H17F3N2/c21-18-7-8-20(23)17(10-18)14-25(12-15-4-3-9-24-11-15)13-16-5-1-2-6-19(16)22/h1-11H,12-14H2. The van der Waals surface area contributed by atoms with Crippen LogP contribution in [0.1, 0.15) is 16.7 Å². The number of aromatic nitrogens is 1. The molecule has 0 atom stereocenters. The Bertz CT molecular complexity index is 837. The van der Waals surface area contributed by atoms with Gasteiger partial charge in [-0.2, -0.15) is 0 Å². The monoisotopic (exact) mass is 342 g/mol. The first-order valence-corrected chi connectivity index (χ1v) is 7.90. The second kappa shape index (κ2) is 7.94. The number of rotatable bonds is 6. The van der Waals surface area contributed by atoms with Gasteiger partial charge in [-0.25, -0.2) is 13.2 Å². The molecule has 0 aliphatic carbocycles. The third kappa shape index (κ3) is 4.67. The molecule has 128 valence electrons. The fraction of sp³-hybridized carbons (Fsp3) is 0.150. The molecule has 0 N–H and O–H groups in total. The fourth-order valence-electron chi connectivity index (χ4n) is 2.69. The molecule has 5 heteroatoms. The van der Waals surface area contributed by atoms with Gasteiger partial charge in [0.2, 0.25) is 0 Å². The highest BCUT2D eigenvalue weighted by atomic mass is 19.1. The number of benzene rings is 2. The van der Waals surface area contributed by atoms with Crippen LogP contribution < -0.4 is 0 Å². The largest absolute Gasteiger partial charge is 0.290 e. The summed E-state index contributed by atoms with van der Waals surface area (Å²) in [4.78, 5) is 5.92. The Labute approximate surface area is 144 Å². The number of nitrogens with zero attached hydrogens (tertiary/aromatic N) is 2. The van der Waals surface area contributed by atoms with Crippen LogP contribution in [-0.4, -0.2) is 9.88 Å². The van der Waals surface area contributed by atoms with E-state index in [4.69, 9.17) is 0 Å². The molecule has 25 heavy (non-hydrogen) atoms. The van der Waals surface area contributed by atoms with Gasteiger partial charge in [0.15, 0.2) is 0 Å². The Hall–Kier alpha value is -2.66. The van der Waals surface area contributed by atoms with Crippen LogP contribution in [0.4, 0.5) is 13.2 Å². The summed E-state index contributed by atoms with van der Waals surface area (Å²) in [5, 5.41) is 0. The molecular formula is C20H17F3N2. The summed E-state index contributed by atoms with van der Waals surface area (Å²) in [7, 11) is 0. The predicted molar refractivity (Wildman–Crippen MR) is 89.9 cm³/mol. The van der Waals surface area contributed by atoms with Crippen LogP contribution in [0.15, 0.2) is 67.0 Å². The molecule has 0 aliphatic rings. The normalized spacial score (nSPS) is 11.0. The minimum atomic E-state index is -0.497. The zero-order valence-electron chi connectivity index (χ0n) is 13.5. The van der Waals surface area contributed by atoms with Crippen LogP contribution in [0.5, 0.6) is 0 Å². The molecule has 2 aromatic carbocycles. The van der Waals surface area contributed by atoms with Crippen molar-refractivity contribution in [2.45, 2.75) is 19.6 Å². The average molecular weight is 342 g/mol. The number of pyridine rings is 1. The first-order valence-electron chi connectivity index (χ1n) is 7.90. The van der Waals surface area contributed by atoms with Crippen molar-refractivity contribution >= 4 is 0 Å². The number of halogens is 3. The summed E-state index contributed by atoms with van der Waals surface area (Å²) < 4.78 is 41.5. The van der Waals surface area contributed by atoms with E-state index in [2.05, 4.69) is 4.98 Å². The second-order valence-electron chi connectivity index (χ2n) is 5.83. The minimum Gasteiger partial charge on any atom is -0.290 e. The summed E-state index contributed by atoms with van der Waals surface area (Å²) in [6.45, 7) is 0.877. The summed E-state index contributed by atoms with van der Waals surface area (Å²) in [5.41, 5.74) is 1.65. The van der Waals surface area contributed by atoms with Crippen molar-refractivity contribution in [2.75, 3.05) is 0 Å². The molecule has 0 fully saturated rings. The van der Waals surface area contributed by atoms with Crippen molar-refractivity contribution in [2.24, 2.45) is 0 Å². The lowest BCUT2D eigenvalue weighted by Gasteiger charge is -2.23. The molecule has 0 unspecified atom stereocenters. The van der Waals surface area contributed by atoms with E-state index in [9.17, 15) is 13.2 Å². The van der Waals surface area contributed by atoms with E-state index in [0.29, 0.717) is 12.1 Å². The SMILES string of the molecule is Fc1ccc(F)c(CN(Cc2cccnc2)Cc2ccccc2F)c1. The molecule has 3 aromatic rings. The van der Waals surface area contributed by atoms with Gasteiger partial charge in [-0.1, -0.05) is 24.3 Å². The lowest BCUT2D eigenvalue weighted by molar-refractivity contribution is 0.240. The van der Waals surface area contributed by atoms with E-state index in [1.165, 1.54) is 12.1 Å². The Morgan fingerprint density at radius 3 is 2.28 bits per heavy atom. The van der Waals surface area contributed by atoms with E-state index in [1.807, 2.05) is 11.0 Å². The van der Waals surface area contributed by atoms with Crippen LogP contribution in [0, 0.1) is 17.5 Å². The van der Waals surface area contributed by atoms with E-state index in [-0.39, 0.29) is 24.5 Å². The Morgan fingerprint density at radius 2 is 1.52 bits per heavy atom. The third-order valence-corrected chi connectivity index (χ3v) is 3.88. The van der Waals surface area contributed by atoms with Crippen molar-refractivity contribution in [1.29, 1.82) is 0 Å². The maximum Gasteiger partial charge on any atom is 0.127 e. The molecule has 2 nitrogen and oxygen atoms in total. The molecule has 0 amide bonds. The Kier molecular flexibility index (Phi) is 5.46. The van der Waals surface area contributed by atoms with Gasteiger partial charge in [-0.3, -0.25) is 9.88 Å². The van der Waals surface area contributed by atoms with Crippen LogP contribution in [0.2, 0.25) is 0 Å². The number of hydrogen-bond donors (Lipinski definition) is 0. The zero-order chi connectivity index (χ0) is 17.6. The van der Waals surface area contributed by atoms with Gasteiger partial charge in [0.1, 0.15) is 17.5 Å². The summed E-state index contributed by atoms with van der Waals surface area (Å²) >= 11 is 0. The van der Waals surface area contributed by atoms with E-state index in [0.717, 1.165) is 17.7 Å². The van der Waals surface area contributed by atoms with Crippen molar-refractivity contribution in [3.8, 4) is 0 Å². The summed E-state index contributed by atoms with van der Waals surface area (Å²) in [5.74, 6) is -1.30. The smallest absolute Gasteiger partial charge is 0.127 e. The van der Waals surface area contributed by atoms with Crippen molar-refractivity contribution in [1.82, 2.24) is 9.88 Å². The van der Waals surface area contributed by atoms with Gasteiger partial charge in [0, 0.05) is 43.2 Å². The maximum atomic E-state index is 14.0. The van der Waals surface area contributed by atoms with E-state index < -0.39 is 11.6 Å². The molecule has 0 bridgehead atoms. The van der Waals surface area contributed by atoms with Crippen molar-refractivity contribution in [3.05, 3.63) is 101 Å². The molecule has 1 heterocycles. The zero-order valence-corrected chi connectivity index (χ0v) is 13.5. The summed E-state index contributed by atoms with van der Waals surface area (Å²) in [6, 6.07) is 13.5. The Morgan fingerprint density at radius 1 is 0.760 bits per heavy atom.